The highest BCUT2D eigenvalue weighted by molar-refractivity contribution is 8.04. The number of nitrogens with zero attached hydrogens (tertiary/aromatic N) is 1. The lowest BCUT2D eigenvalue weighted by atomic mass is 10.2. The maximum atomic E-state index is 11.7. The second-order valence-corrected chi connectivity index (χ2v) is 3.45. The second kappa shape index (κ2) is 4.90. The number of rotatable bonds is 1. The van der Waals surface area contributed by atoms with E-state index in [-0.39, 0.29) is 5.69 Å². The van der Waals surface area contributed by atoms with Gasteiger partial charge in [-0.2, -0.15) is 13.2 Å². The van der Waals surface area contributed by atoms with Gasteiger partial charge in [-0.15, -0.1) is 0 Å². The molecule has 0 atom stereocenters. The summed E-state index contributed by atoms with van der Waals surface area (Å²) in [6.45, 7) is 0. The minimum Gasteiger partial charge on any atom is -0.258 e. The average molecular weight is 247 g/mol. The third kappa shape index (κ3) is 4.23. The molecule has 0 spiro atoms. The van der Waals surface area contributed by atoms with Crippen LogP contribution in [-0.2, 0) is 0 Å². The van der Waals surface area contributed by atoms with Crippen molar-refractivity contribution < 1.29 is 18.1 Å². The van der Waals surface area contributed by atoms with Gasteiger partial charge in [-0.3, -0.25) is 10.1 Å². The Bertz CT molecular complexity index is 445. The largest absolute Gasteiger partial charge is 0.453 e. The Morgan fingerprint density at radius 3 is 2.25 bits per heavy atom. The first-order chi connectivity index (χ1) is 7.38. The summed E-state index contributed by atoms with van der Waals surface area (Å²) in [7, 11) is 0. The van der Waals surface area contributed by atoms with E-state index in [1.165, 1.54) is 24.3 Å². The maximum Gasteiger partial charge on any atom is 0.453 e. The van der Waals surface area contributed by atoms with Gasteiger partial charge >= 0.3 is 5.51 Å². The van der Waals surface area contributed by atoms with E-state index in [0.717, 1.165) is 0 Å². The molecular formula is C9H4F3NO2S. The zero-order valence-electron chi connectivity index (χ0n) is 7.62. The van der Waals surface area contributed by atoms with E-state index in [9.17, 15) is 23.3 Å². The van der Waals surface area contributed by atoms with Crippen LogP contribution in [0.2, 0.25) is 0 Å². The van der Waals surface area contributed by atoms with E-state index in [4.69, 9.17) is 0 Å². The Morgan fingerprint density at radius 2 is 1.81 bits per heavy atom. The van der Waals surface area contributed by atoms with Crippen molar-refractivity contribution in [2.45, 2.75) is 5.51 Å². The van der Waals surface area contributed by atoms with Crippen LogP contribution in [0.25, 0.3) is 0 Å². The van der Waals surface area contributed by atoms with Gasteiger partial charge in [-0.1, -0.05) is 5.92 Å². The molecule has 0 amide bonds. The van der Waals surface area contributed by atoms with Crippen LogP contribution in [0.4, 0.5) is 18.9 Å². The van der Waals surface area contributed by atoms with E-state index in [2.05, 4.69) is 5.92 Å². The molecule has 0 fully saturated rings. The smallest absolute Gasteiger partial charge is 0.258 e. The molecule has 0 N–H and O–H groups in total. The lowest BCUT2D eigenvalue weighted by Crippen LogP contribution is -1.96. The molecule has 84 valence electrons. The van der Waals surface area contributed by atoms with Crippen LogP contribution in [0.15, 0.2) is 24.3 Å². The Balaban J connectivity index is 2.72. The first-order valence-electron chi connectivity index (χ1n) is 3.89. The number of nitro benzene ring substituents is 1. The molecule has 0 saturated carbocycles. The molecular weight excluding hydrogens is 243 g/mol. The molecule has 0 bridgehead atoms. The Morgan fingerprint density at radius 1 is 1.25 bits per heavy atom. The third-order valence-electron chi connectivity index (χ3n) is 1.44. The zero-order valence-corrected chi connectivity index (χ0v) is 8.43. The van der Waals surface area contributed by atoms with Gasteiger partial charge in [0.25, 0.3) is 5.69 Å². The molecule has 1 aromatic carbocycles. The van der Waals surface area contributed by atoms with E-state index in [1.807, 2.05) is 5.25 Å². The molecule has 0 aliphatic carbocycles. The lowest BCUT2D eigenvalue weighted by Gasteiger charge is -1.96. The Labute approximate surface area is 92.8 Å². The van der Waals surface area contributed by atoms with Crippen LogP contribution in [0.5, 0.6) is 0 Å². The summed E-state index contributed by atoms with van der Waals surface area (Å²) in [5.41, 5.74) is -4.23. The summed E-state index contributed by atoms with van der Waals surface area (Å²) < 4.78 is 35.1. The predicted molar refractivity (Wildman–Crippen MR) is 53.6 cm³/mol. The van der Waals surface area contributed by atoms with Crippen molar-refractivity contribution >= 4 is 17.4 Å². The number of hydrogen-bond acceptors (Lipinski definition) is 3. The van der Waals surface area contributed by atoms with Gasteiger partial charge in [0.05, 0.1) is 4.92 Å². The second-order valence-electron chi connectivity index (χ2n) is 2.58. The van der Waals surface area contributed by atoms with Crippen molar-refractivity contribution in [2.24, 2.45) is 0 Å². The first-order valence-corrected chi connectivity index (χ1v) is 4.70. The topological polar surface area (TPSA) is 43.1 Å². The highest BCUT2D eigenvalue weighted by atomic mass is 32.2. The maximum absolute atomic E-state index is 11.7. The van der Waals surface area contributed by atoms with E-state index >= 15 is 0 Å². The van der Waals surface area contributed by atoms with Crippen molar-refractivity contribution in [1.82, 2.24) is 0 Å². The number of halogens is 3. The van der Waals surface area contributed by atoms with Crippen LogP contribution < -0.4 is 0 Å². The lowest BCUT2D eigenvalue weighted by molar-refractivity contribution is -0.384. The van der Waals surface area contributed by atoms with Gasteiger partial charge in [0.15, 0.2) is 0 Å². The van der Waals surface area contributed by atoms with Crippen LogP contribution in [0, 0.1) is 21.3 Å². The van der Waals surface area contributed by atoms with E-state index < -0.39 is 22.2 Å². The molecule has 0 unspecified atom stereocenters. The Kier molecular flexibility index (Phi) is 3.79. The van der Waals surface area contributed by atoms with Gasteiger partial charge in [0, 0.05) is 29.5 Å². The minimum absolute atomic E-state index is 0.131. The fourth-order valence-electron chi connectivity index (χ4n) is 0.809. The molecule has 3 nitrogen and oxygen atoms in total. The Hall–Kier alpha value is -1.68. The van der Waals surface area contributed by atoms with Crippen LogP contribution >= 0.6 is 11.8 Å². The molecule has 1 rings (SSSR count). The fourth-order valence-corrected chi connectivity index (χ4v) is 1.09. The van der Waals surface area contributed by atoms with Crippen molar-refractivity contribution in [3.05, 3.63) is 39.9 Å². The van der Waals surface area contributed by atoms with Crippen molar-refractivity contribution in [1.29, 1.82) is 0 Å². The summed E-state index contributed by atoms with van der Waals surface area (Å²) in [6.07, 6.45) is 0. The molecule has 0 saturated heterocycles. The summed E-state index contributed by atoms with van der Waals surface area (Å²) in [4.78, 5) is 9.68. The van der Waals surface area contributed by atoms with Gasteiger partial charge in [-0.05, 0) is 17.4 Å². The standard InChI is InChI=1S/C9H4F3NO2S/c10-9(11,12)16-6-5-7-1-3-8(4-2-7)13(14)15/h1-4H. The number of alkyl halides is 3. The summed E-state index contributed by atoms with van der Waals surface area (Å²) in [6, 6.07) is 4.95. The van der Waals surface area contributed by atoms with Gasteiger partial charge in [0.1, 0.15) is 0 Å². The molecule has 0 heterocycles. The number of non-ortho nitro benzene ring substituents is 1. The van der Waals surface area contributed by atoms with Gasteiger partial charge in [0.2, 0.25) is 0 Å². The highest BCUT2D eigenvalue weighted by Crippen LogP contribution is 2.28. The van der Waals surface area contributed by atoms with Crippen LogP contribution in [0.1, 0.15) is 5.56 Å². The number of hydrogen-bond donors (Lipinski definition) is 0. The quantitative estimate of drug-likeness (QED) is 0.435. The van der Waals surface area contributed by atoms with E-state index in [0.29, 0.717) is 5.56 Å². The molecule has 0 aliphatic heterocycles. The normalized spacial score (nSPS) is 10.4. The number of thioether (sulfide) groups is 1. The monoisotopic (exact) mass is 247 g/mol. The van der Waals surface area contributed by atoms with Crippen LogP contribution in [0.3, 0.4) is 0 Å². The molecule has 0 aliphatic rings. The van der Waals surface area contributed by atoms with Gasteiger partial charge in [-0.25, -0.2) is 0 Å². The number of nitro groups is 1. The van der Waals surface area contributed by atoms with Crippen LogP contribution in [-0.4, -0.2) is 10.4 Å². The minimum atomic E-state index is -4.40. The summed E-state index contributed by atoms with van der Waals surface area (Å²) in [5.74, 6) is 2.24. The predicted octanol–water partition coefficient (Wildman–Crippen LogP) is 3.16. The molecule has 0 radical (unpaired) electrons. The molecule has 7 heteroatoms. The van der Waals surface area contributed by atoms with Crippen molar-refractivity contribution in [3.63, 3.8) is 0 Å². The zero-order chi connectivity index (χ0) is 12.2. The molecule has 0 aromatic heterocycles. The van der Waals surface area contributed by atoms with E-state index in [1.54, 1.807) is 0 Å². The summed E-state index contributed by atoms with van der Waals surface area (Å²) in [5, 5.41) is 12.1. The van der Waals surface area contributed by atoms with Crippen molar-refractivity contribution in [2.75, 3.05) is 0 Å². The molecule has 1 aromatic rings. The SMILES string of the molecule is O=[N+]([O-])c1ccc(C#CSC(F)(F)F)cc1. The average Bonchev–Trinajstić information content (AvgIpc) is 2.16. The number of benzene rings is 1. The van der Waals surface area contributed by atoms with Gasteiger partial charge < -0.3 is 0 Å². The summed E-state index contributed by atoms with van der Waals surface area (Å²) >= 11 is -0.456. The first kappa shape index (κ1) is 12.4. The third-order valence-corrected chi connectivity index (χ3v) is 1.88. The highest BCUT2D eigenvalue weighted by Gasteiger charge is 2.27. The fraction of sp³-hybridized carbons (Fsp3) is 0.111. The molecule has 16 heavy (non-hydrogen) atoms. The van der Waals surface area contributed by atoms with Crippen molar-refractivity contribution in [3.8, 4) is 11.2 Å².